The molecule has 1 aromatic rings. The standard InChI is InChI=1S/C13H21NOS/c1-10-3-4-12(7-10)14-9-13(2,15)11-5-6-16-8-11/h5-6,8,10,12,14-15H,3-4,7,9H2,1-2H3. The molecule has 2 rings (SSSR count). The van der Waals surface area contributed by atoms with Crippen LogP contribution in [0.3, 0.4) is 0 Å². The summed E-state index contributed by atoms with van der Waals surface area (Å²) in [6.45, 7) is 4.85. The lowest BCUT2D eigenvalue weighted by atomic mass is 9.99. The molecule has 3 heteroatoms. The quantitative estimate of drug-likeness (QED) is 0.847. The van der Waals surface area contributed by atoms with Crippen LogP contribution in [-0.4, -0.2) is 17.7 Å². The number of hydrogen-bond donors (Lipinski definition) is 2. The van der Waals surface area contributed by atoms with Gasteiger partial charge in [-0.05, 0) is 54.5 Å². The number of nitrogens with one attached hydrogen (secondary N) is 1. The molecular weight excluding hydrogens is 218 g/mol. The van der Waals surface area contributed by atoms with Crippen LogP contribution in [0.2, 0.25) is 0 Å². The Bertz CT molecular complexity index is 321. The van der Waals surface area contributed by atoms with E-state index >= 15 is 0 Å². The Balaban J connectivity index is 1.85. The lowest BCUT2D eigenvalue weighted by Gasteiger charge is -2.25. The fourth-order valence-electron chi connectivity index (χ4n) is 2.41. The van der Waals surface area contributed by atoms with Crippen LogP contribution in [0.5, 0.6) is 0 Å². The van der Waals surface area contributed by atoms with Crippen molar-refractivity contribution in [2.75, 3.05) is 6.54 Å². The molecule has 0 aromatic carbocycles. The third-order valence-corrected chi connectivity index (χ3v) is 4.26. The minimum Gasteiger partial charge on any atom is -0.384 e. The lowest BCUT2D eigenvalue weighted by molar-refractivity contribution is 0.0543. The summed E-state index contributed by atoms with van der Waals surface area (Å²) in [6, 6.07) is 2.60. The van der Waals surface area contributed by atoms with Gasteiger partial charge in [0, 0.05) is 12.6 Å². The largest absolute Gasteiger partial charge is 0.384 e. The van der Waals surface area contributed by atoms with Crippen LogP contribution < -0.4 is 5.32 Å². The smallest absolute Gasteiger partial charge is 0.1000 e. The first-order valence-corrected chi connectivity index (χ1v) is 7.00. The number of hydrogen-bond acceptors (Lipinski definition) is 3. The second kappa shape index (κ2) is 4.86. The van der Waals surface area contributed by atoms with Crippen LogP contribution in [0, 0.1) is 5.92 Å². The van der Waals surface area contributed by atoms with E-state index in [1.807, 2.05) is 23.8 Å². The maximum Gasteiger partial charge on any atom is 0.1000 e. The number of aliphatic hydroxyl groups is 1. The molecule has 0 spiro atoms. The van der Waals surface area contributed by atoms with Crippen LogP contribution in [0.25, 0.3) is 0 Å². The highest BCUT2D eigenvalue weighted by Crippen LogP contribution is 2.26. The SMILES string of the molecule is CC1CCC(NCC(C)(O)c2ccsc2)C1. The predicted molar refractivity (Wildman–Crippen MR) is 68.7 cm³/mol. The molecule has 90 valence electrons. The molecule has 1 aliphatic carbocycles. The van der Waals surface area contributed by atoms with Gasteiger partial charge in [-0.25, -0.2) is 0 Å². The number of rotatable bonds is 4. The average Bonchev–Trinajstić information content (AvgIpc) is 2.85. The van der Waals surface area contributed by atoms with Gasteiger partial charge in [0.25, 0.3) is 0 Å². The van der Waals surface area contributed by atoms with Crippen LogP contribution in [0.1, 0.15) is 38.7 Å². The van der Waals surface area contributed by atoms with Gasteiger partial charge in [-0.2, -0.15) is 11.3 Å². The maximum atomic E-state index is 10.3. The Kier molecular flexibility index (Phi) is 3.67. The highest BCUT2D eigenvalue weighted by atomic mass is 32.1. The van der Waals surface area contributed by atoms with Gasteiger partial charge >= 0.3 is 0 Å². The van der Waals surface area contributed by atoms with Crippen molar-refractivity contribution < 1.29 is 5.11 Å². The van der Waals surface area contributed by atoms with Gasteiger partial charge < -0.3 is 10.4 Å². The fraction of sp³-hybridized carbons (Fsp3) is 0.692. The normalized spacial score (nSPS) is 29.2. The van der Waals surface area contributed by atoms with E-state index in [0.717, 1.165) is 11.5 Å². The molecule has 0 amide bonds. The van der Waals surface area contributed by atoms with Gasteiger partial charge in [0.15, 0.2) is 0 Å². The van der Waals surface area contributed by atoms with E-state index in [0.29, 0.717) is 12.6 Å². The van der Waals surface area contributed by atoms with Crippen LogP contribution >= 0.6 is 11.3 Å². The molecule has 3 unspecified atom stereocenters. The highest BCUT2D eigenvalue weighted by molar-refractivity contribution is 7.08. The molecule has 1 heterocycles. The second-order valence-electron chi connectivity index (χ2n) is 5.28. The van der Waals surface area contributed by atoms with Gasteiger partial charge in [0.1, 0.15) is 0 Å². The molecular formula is C13H21NOS. The summed E-state index contributed by atoms with van der Waals surface area (Å²) < 4.78 is 0. The average molecular weight is 239 g/mol. The van der Waals surface area contributed by atoms with E-state index < -0.39 is 5.60 Å². The Morgan fingerprint density at radius 3 is 2.94 bits per heavy atom. The molecule has 2 N–H and O–H groups in total. The van der Waals surface area contributed by atoms with E-state index in [4.69, 9.17) is 0 Å². The van der Waals surface area contributed by atoms with Gasteiger partial charge in [0.2, 0.25) is 0 Å². The zero-order valence-electron chi connectivity index (χ0n) is 10.1. The zero-order chi connectivity index (χ0) is 11.6. The van der Waals surface area contributed by atoms with E-state index in [1.165, 1.54) is 19.3 Å². The highest BCUT2D eigenvalue weighted by Gasteiger charge is 2.27. The molecule has 0 aliphatic heterocycles. The van der Waals surface area contributed by atoms with Crippen molar-refractivity contribution in [2.45, 2.75) is 44.8 Å². The van der Waals surface area contributed by atoms with E-state index in [-0.39, 0.29) is 0 Å². The minimum atomic E-state index is -0.730. The third-order valence-electron chi connectivity index (χ3n) is 3.57. The molecule has 2 nitrogen and oxygen atoms in total. The van der Waals surface area contributed by atoms with Crippen molar-refractivity contribution in [3.8, 4) is 0 Å². The summed E-state index contributed by atoms with van der Waals surface area (Å²) in [4.78, 5) is 0. The minimum absolute atomic E-state index is 0.597. The molecule has 3 atom stereocenters. The van der Waals surface area contributed by atoms with Crippen molar-refractivity contribution in [1.29, 1.82) is 0 Å². The first kappa shape index (κ1) is 12.1. The van der Waals surface area contributed by atoms with Crippen molar-refractivity contribution in [3.05, 3.63) is 22.4 Å². The van der Waals surface area contributed by atoms with E-state index in [2.05, 4.69) is 12.2 Å². The molecule has 1 saturated carbocycles. The Morgan fingerprint density at radius 2 is 2.38 bits per heavy atom. The molecule has 1 fully saturated rings. The van der Waals surface area contributed by atoms with Crippen LogP contribution in [-0.2, 0) is 5.60 Å². The third kappa shape index (κ3) is 2.84. The van der Waals surface area contributed by atoms with E-state index in [9.17, 15) is 5.11 Å². The van der Waals surface area contributed by atoms with Gasteiger partial charge in [0.05, 0.1) is 5.60 Å². The zero-order valence-corrected chi connectivity index (χ0v) is 10.9. The first-order chi connectivity index (χ1) is 7.58. The molecule has 16 heavy (non-hydrogen) atoms. The lowest BCUT2D eigenvalue weighted by Crippen LogP contribution is -2.39. The van der Waals surface area contributed by atoms with Gasteiger partial charge in [-0.1, -0.05) is 6.92 Å². The molecule has 1 aliphatic rings. The summed E-state index contributed by atoms with van der Waals surface area (Å²) in [6.07, 6.45) is 3.82. The molecule has 0 radical (unpaired) electrons. The Hall–Kier alpha value is -0.380. The topological polar surface area (TPSA) is 32.3 Å². The van der Waals surface area contributed by atoms with Crippen LogP contribution in [0.4, 0.5) is 0 Å². The molecule has 1 aromatic heterocycles. The van der Waals surface area contributed by atoms with Crippen molar-refractivity contribution in [3.63, 3.8) is 0 Å². The van der Waals surface area contributed by atoms with E-state index in [1.54, 1.807) is 11.3 Å². The first-order valence-electron chi connectivity index (χ1n) is 6.06. The predicted octanol–water partition coefficient (Wildman–Crippen LogP) is 2.73. The second-order valence-corrected chi connectivity index (χ2v) is 6.06. The van der Waals surface area contributed by atoms with Crippen LogP contribution in [0.15, 0.2) is 16.8 Å². The summed E-state index contributed by atoms with van der Waals surface area (Å²) in [5.41, 5.74) is 0.294. The summed E-state index contributed by atoms with van der Waals surface area (Å²) in [5, 5.41) is 17.9. The maximum absolute atomic E-state index is 10.3. The summed E-state index contributed by atoms with van der Waals surface area (Å²) in [7, 11) is 0. The molecule has 0 bridgehead atoms. The summed E-state index contributed by atoms with van der Waals surface area (Å²) >= 11 is 1.64. The van der Waals surface area contributed by atoms with Crippen molar-refractivity contribution >= 4 is 11.3 Å². The van der Waals surface area contributed by atoms with Gasteiger partial charge in [-0.15, -0.1) is 0 Å². The monoisotopic (exact) mass is 239 g/mol. The summed E-state index contributed by atoms with van der Waals surface area (Å²) in [5.74, 6) is 0.837. The Morgan fingerprint density at radius 1 is 1.56 bits per heavy atom. The Labute approximate surface area is 102 Å². The fourth-order valence-corrected chi connectivity index (χ4v) is 3.19. The molecule has 0 saturated heterocycles. The van der Waals surface area contributed by atoms with Crippen molar-refractivity contribution in [1.82, 2.24) is 5.32 Å². The van der Waals surface area contributed by atoms with Gasteiger partial charge in [-0.3, -0.25) is 0 Å². The van der Waals surface area contributed by atoms with Crippen molar-refractivity contribution in [2.24, 2.45) is 5.92 Å². The number of thiophene rings is 1.